The van der Waals surface area contributed by atoms with Gasteiger partial charge in [0.1, 0.15) is 0 Å². The summed E-state index contributed by atoms with van der Waals surface area (Å²) in [5, 5.41) is 5.45. The molecule has 144 valence electrons. The highest BCUT2D eigenvalue weighted by atomic mass is 79.9. The minimum atomic E-state index is -0.0713. The van der Waals surface area contributed by atoms with Crippen LogP contribution in [0.3, 0.4) is 0 Å². The molecular formula is C24H18Br2N2O. The molecule has 3 aromatic carbocycles. The summed E-state index contributed by atoms with van der Waals surface area (Å²) in [6, 6.07) is 16.9. The molecule has 0 fully saturated rings. The van der Waals surface area contributed by atoms with Gasteiger partial charge < -0.3 is 9.88 Å². The lowest BCUT2D eigenvalue weighted by Crippen LogP contribution is -2.03. The number of benzene rings is 3. The minimum Gasteiger partial charge on any atom is -0.341 e. The summed E-state index contributed by atoms with van der Waals surface area (Å²) in [6.07, 6.45) is 1.99. The quantitative estimate of drug-likeness (QED) is 0.286. The second-order valence-electron chi connectivity index (χ2n) is 7.27. The van der Waals surface area contributed by atoms with Crippen LogP contribution in [0.1, 0.15) is 23.6 Å². The fourth-order valence-electron chi connectivity index (χ4n) is 4.28. The van der Waals surface area contributed by atoms with Gasteiger partial charge in [0, 0.05) is 48.4 Å². The fourth-order valence-corrected chi connectivity index (χ4v) is 5.54. The van der Waals surface area contributed by atoms with E-state index in [-0.39, 0.29) is 5.91 Å². The minimum absolute atomic E-state index is 0.0713. The Hall–Kier alpha value is -2.37. The van der Waals surface area contributed by atoms with Crippen molar-refractivity contribution in [2.45, 2.75) is 20.4 Å². The van der Waals surface area contributed by atoms with Crippen molar-refractivity contribution in [2.24, 2.45) is 0 Å². The molecule has 5 rings (SSSR count). The van der Waals surface area contributed by atoms with Crippen LogP contribution in [0.4, 0.5) is 5.69 Å². The van der Waals surface area contributed by atoms with Gasteiger partial charge in [-0.2, -0.15) is 0 Å². The van der Waals surface area contributed by atoms with Gasteiger partial charge in [0.15, 0.2) is 0 Å². The van der Waals surface area contributed by atoms with Crippen molar-refractivity contribution in [3.63, 3.8) is 0 Å². The number of para-hydroxylation sites is 1. The molecule has 1 aliphatic rings. The number of amides is 1. The number of aryl methyl sites for hydroxylation is 1. The Labute approximate surface area is 185 Å². The molecule has 0 saturated carbocycles. The van der Waals surface area contributed by atoms with E-state index in [1.807, 2.05) is 19.1 Å². The summed E-state index contributed by atoms with van der Waals surface area (Å²) >= 11 is 7.17. The van der Waals surface area contributed by atoms with E-state index in [1.165, 1.54) is 21.8 Å². The molecule has 0 atom stereocenters. The maximum atomic E-state index is 12.8. The predicted molar refractivity (Wildman–Crippen MR) is 128 cm³/mol. The third-order valence-corrected chi connectivity index (χ3v) is 7.10. The second-order valence-corrected chi connectivity index (χ2v) is 8.97. The zero-order valence-corrected chi connectivity index (χ0v) is 19.2. The van der Waals surface area contributed by atoms with E-state index in [9.17, 15) is 4.79 Å². The van der Waals surface area contributed by atoms with E-state index in [0.717, 1.165) is 37.9 Å². The molecule has 1 aromatic heterocycles. The van der Waals surface area contributed by atoms with Crippen LogP contribution in [0.5, 0.6) is 0 Å². The average Bonchev–Trinajstić information content (AvgIpc) is 3.21. The van der Waals surface area contributed by atoms with Crippen molar-refractivity contribution in [3.05, 3.63) is 74.2 Å². The first-order valence-corrected chi connectivity index (χ1v) is 11.1. The fraction of sp³-hybridized carbons (Fsp3) is 0.125. The van der Waals surface area contributed by atoms with Gasteiger partial charge in [-0.05, 0) is 71.2 Å². The lowest BCUT2D eigenvalue weighted by molar-refractivity contribution is -0.110. The van der Waals surface area contributed by atoms with Gasteiger partial charge in [-0.3, -0.25) is 4.79 Å². The van der Waals surface area contributed by atoms with Crippen molar-refractivity contribution in [3.8, 4) is 0 Å². The van der Waals surface area contributed by atoms with Crippen molar-refractivity contribution in [1.29, 1.82) is 0 Å². The van der Waals surface area contributed by atoms with E-state index < -0.39 is 0 Å². The Morgan fingerprint density at radius 3 is 2.55 bits per heavy atom. The molecule has 0 saturated heterocycles. The molecule has 5 heteroatoms. The molecule has 29 heavy (non-hydrogen) atoms. The molecule has 0 spiro atoms. The third kappa shape index (κ3) is 2.79. The van der Waals surface area contributed by atoms with Gasteiger partial charge in [0.25, 0.3) is 5.91 Å². The number of hydrogen-bond acceptors (Lipinski definition) is 1. The predicted octanol–water partition coefficient (Wildman–Crippen LogP) is 7.14. The van der Waals surface area contributed by atoms with Crippen LogP contribution in [-0.4, -0.2) is 10.5 Å². The first-order chi connectivity index (χ1) is 14.0. The maximum Gasteiger partial charge on any atom is 0.256 e. The molecule has 0 radical (unpaired) electrons. The summed E-state index contributed by atoms with van der Waals surface area (Å²) in [5.41, 5.74) is 7.01. The maximum absolute atomic E-state index is 12.8. The lowest BCUT2D eigenvalue weighted by Gasteiger charge is -2.08. The Bertz CT molecular complexity index is 1360. The number of anilines is 1. The zero-order valence-electron chi connectivity index (χ0n) is 16.0. The monoisotopic (exact) mass is 508 g/mol. The number of fused-ring (bicyclic) bond motifs is 4. The molecule has 1 amide bonds. The topological polar surface area (TPSA) is 34.0 Å². The summed E-state index contributed by atoms with van der Waals surface area (Å²) in [7, 11) is 0. The van der Waals surface area contributed by atoms with Crippen LogP contribution >= 0.6 is 31.9 Å². The highest BCUT2D eigenvalue weighted by Gasteiger charge is 2.29. The largest absolute Gasteiger partial charge is 0.341 e. The first-order valence-electron chi connectivity index (χ1n) is 9.52. The normalized spacial score (nSPS) is 14.8. The number of halogens is 2. The first kappa shape index (κ1) is 18.6. The Balaban J connectivity index is 1.74. The number of hydrogen-bond donors (Lipinski definition) is 1. The molecule has 0 aliphatic carbocycles. The van der Waals surface area contributed by atoms with E-state index in [0.29, 0.717) is 5.57 Å². The standard InChI is InChI=1S/C24H18Br2N2O/c1-3-28-20-7-5-4-6-15(20)16-10-14(8-9-21(16)28)11-17-22-13(2)18(25)12-19(26)23(22)27-24(17)29/h4-12H,3H2,1-2H3,(H,27,29). The average molecular weight is 510 g/mol. The summed E-state index contributed by atoms with van der Waals surface area (Å²) < 4.78 is 4.19. The van der Waals surface area contributed by atoms with E-state index in [2.05, 4.69) is 91.1 Å². The number of aromatic nitrogens is 1. The second kappa shape index (κ2) is 6.85. The van der Waals surface area contributed by atoms with Crippen molar-refractivity contribution in [2.75, 3.05) is 5.32 Å². The molecule has 0 bridgehead atoms. The van der Waals surface area contributed by atoms with Gasteiger partial charge in [-0.15, -0.1) is 0 Å². The van der Waals surface area contributed by atoms with Crippen LogP contribution < -0.4 is 5.32 Å². The summed E-state index contributed by atoms with van der Waals surface area (Å²) in [6.45, 7) is 5.11. The van der Waals surface area contributed by atoms with Crippen LogP contribution in [0.2, 0.25) is 0 Å². The Kier molecular flexibility index (Phi) is 4.41. The highest BCUT2D eigenvalue weighted by molar-refractivity contribution is 9.11. The smallest absolute Gasteiger partial charge is 0.256 e. The van der Waals surface area contributed by atoms with Gasteiger partial charge in [0.2, 0.25) is 0 Å². The van der Waals surface area contributed by atoms with E-state index in [4.69, 9.17) is 0 Å². The Morgan fingerprint density at radius 2 is 1.76 bits per heavy atom. The van der Waals surface area contributed by atoms with Crippen LogP contribution in [0, 0.1) is 6.92 Å². The number of carbonyl (C=O) groups is 1. The summed E-state index contributed by atoms with van der Waals surface area (Å²) in [4.78, 5) is 12.8. The number of carbonyl (C=O) groups excluding carboxylic acids is 1. The molecule has 3 nitrogen and oxygen atoms in total. The third-order valence-electron chi connectivity index (χ3n) is 5.65. The van der Waals surface area contributed by atoms with Gasteiger partial charge in [0.05, 0.1) is 5.69 Å². The van der Waals surface area contributed by atoms with Gasteiger partial charge in [-0.1, -0.05) is 40.2 Å². The van der Waals surface area contributed by atoms with Crippen molar-refractivity contribution >= 4 is 76.9 Å². The summed E-state index contributed by atoms with van der Waals surface area (Å²) in [5.74, 6) is -0.0713. The van der Waals surface area contributed by atoms with Gasteiger partial charge >= 0.3 is 0 Å². The van der Waals surface area contributed by atoms with Crippen LogP contribution in [0.15, 0.2) is 57.5 Å². The molecule has 1 N–H and O–H groups in total. The zero-order chi connectivity index (χ0) is 20.3. The number of nitrogens with one attached hydrogen (secondary N) is 1. The highest BCUT2D eigenvalue weighted by Crippen LogP contribution is 2.43. The van der Waals surface area contributed by atoms with Crippen LogP contribution in [-0.2, 0) is 11.3 Å². The number of rotatable bonds is 2. The SMILES string of the molecule is CCn1c2ccccc2c2cc(C=C3C(=O)Nc4c(Br)cc(Br)c(C)c43)ccc21. The van der Waals surface area contributed by atoms with Crippen molar-refractivity contribution < 1.29 is 4.79 Å². The number of nitrogens with zero attached hydrogens (tertiary/aromatic N) is 1. The van der Waals surface area contributed by atoms with Crippen molar-refractivity contribution in [1.82, 2.24) is 4.57 Å². The molecule has 1 aliphatic heterocycles. The molecular weight excluding hydrogens is 492 g/mol. The van der Waals surface area contributed by atoms with E-state index >= 15 is 0 Å². The molecule has 0 unspecified atom stereocenters. The van der Waals surface area contributed by atoms with Crippen LogP contribution in [0.25, 0.3) is 33.5 Å². The lowest BCUT2D eigenvalue weighted by atomic mass is 9.99. The van der Waals surface area contributed by atoms with E-state index in [1.54, 1.807) is 0 Å². The van der Waals surface area contributed by atoms with Gasteiger partial charge in [-0.25, -0.2) is 0 Å². The molecule has 4 aromatic rings. The Morgan fingerprint density at radius 1 is 1.00 bits per heavy atom. The molecule has 2 heterocycles.